The summed E-state index contributed by atoms with van der Waals surface area (Å²) in [5, 5.41) is 3.34. The largest absolute Gasteiger partial charge is 0.368 e. The standard InChI is InChI=1S/C18H23N5/c1-20-15-6-7-23(11-15)17-10-16(21-18(19)22-17)14-8-12-4-2-3-5-13(12)9-14/h2-5,10,14-15,20H,6-9,11H2,1H3,(H2,19,21,22). The normalized spacial score (nSPS) is 20.9. The first-order valence-corrected chi connectivity index (χ1v) is 8.36. The van der Waals surface area contributed by atoms with Gasteiger partial charge in [0, 0.05) is 31.1 Å². The first kappa shape index (κ1) is 14.5. The van der Waals surface area contributed by atoms with Crippen LogP contribution in [0.3, 0.4) is 0 Å². The third-order valence-corrected chi connectivity index (χ3v) is 5.14. The van der Waals surface area contributed by atoms with Crippen molar-refractivity contribution in [2.24, 2.45) is 0 Å². The molecular weight excluding hydrogens is 286 g/mol. The average molecular weight is 309 g/mol. The highest BCUT2D eigenvalue weighted by Crippen LogP contribution is 2.34. The van der Waals surface area contributed by atoms with E-state index in [2.05, 4.69) is 50.5 Å². The SMILES string of the molecule is CNC1CCN(c2cc(C3Cc4ccccc4C3)nc(N)n2)C1. The summed E-state index contributed by atoms with van der Waals surface area (Å²) in [6.07, 6.45) is 3.24. The van der Waals surface area contributed by atoms with Gasteiger partial charge in [0.2, 0.25) is 5.95 Å². The molecule has 1 unspecified atom stereocenters. The molecule has 4 rings (SSSR count). The van der Waals surface area contributed by atoms with E-state index in [-0.39, 0.29) is 0 Å². The lowest BCUT2D eigenvalue weighted by Crippen LogP contribution is -2.30. The minimum absolute atomic E-state index is 0.390. The molecule has 0 saturated carbocycles. The van der Waals surface area contributed by atoms with Crippen LogP contribution in [0.5, 0.6) is 0 Å². The predicted octanol–water partition coefficient (Wildman–Crippen LogP) is 1.74. The molecule has 1 fully saturated rings. The fourth-order valence-corrected chi connectivity index (χ4v) is 3.81. The van der Waals surface area contributed by atoms with E-state index >= 15 is 0 Å². The van der Waals surface area contributed by atoms with Gasteiger partial charge in [-0.25, -0.2) is 4.98 Å². The molecule has 0 amide bonds. The zero-order valence-corrected chi connectivity index (χ0v) is 13.5. The molecule has 2 heterocycles. The van der Waals surface area contributed by atoms with Gasteiger partial charge in [0.15, 0.2) is 0 Å². The molecule has 2 aliphatic rings. The van der Waals surface area contributed by atoms with E-state index in [1.54, 1.807) is 0 Å². The van der Waals surface area contributed by atoms with Crippen LogP contribution in [0.25, 0.3) is 0 Å². The van der Waals surface area contributed by atoms with Gasteiger partial charge in [0.05, 0.1) is 5.69 Å². The molecule has 3 N–H and O–H groups in total. The summed E-state index contributed by atoms with van der Waals surface area (Å²) in [5.74, 6) is 1.78. The van der Waals surface area contributed by atoms with Crippen molar-refractivity contribution in [1.29, 1.82) is 0 Å². The molecule has 1 aliphatic carbocycles. The average Bonchev–Trinajstić information content (AvgIpc) is 3.21. The Labute approximate surface area is 136 Å². The van der Waals surface area contributed by atoms with Crippen molar-refractivity contribution in [1.82, 2.24) is 15.3 Å². The fraction of sp³-hybridized carbons (Fsp3) is 0.444. The number of anilines is 2. The maximum Gasteiger partial charge on any atom is 0.222 e. The second kappa shape index (κ2) is 5.81. The number of nitrogens with two attached hydrogens (primary N) is 1. The monoisotopic (exact) mass is 309 g/mol. The Morgan fingerprint density at radius 1 is 1.17 bits per heavy atom. The van der Waals surface area contributed by atoms with Crippen molar-refractivity contribution in [2.75, 3.05) is 30.8 Å². The van der Waals surface area contributed by atoms with E-state index in [4.69, 9.17) is 5.73 Å². The molecule has 5 heteroatoms. The minimum Gasteiger partial charge on any atom is -0.368 e. The van der Waals surface area contributed by atoms with Crippen LogP contribution < -0.4 is 16.0 Å². The number of hydrogen-bond donors (Lipinski definition) is 2. The molecule has 0 spiro atoms. The number of benzene rings is 1. The van der Waals surface area contributed by atoms with Crippen molar-refractivity contribution >= 4 is 11.8 Å². The number of aromatic nitrogens is 2. The molecule has 1 atom stereocenters. The van der Waals surface area contributed by atoms with Crippen LogP contribution in [0.15, 0.2) is 30.3 Å². The number of nitrogen functional groups attached to an aromatic ring is 1. The number of rotatable bonds is 3. The zero-order valence-electron chi connectivity index (χ0n) is 13.5. The number of nitrogens with one attached hydrogen (secondary N) is 1. The fourth-order valence-electron chi connectivity index (χ4n) is 3.81. The Balaban J connectivity index is 1.59. The van der Waals surface area contributed by atoms with Crippen molar-refractivity contribution in [2.45, 2.75) is 31.2 Å². The smallest absolute Gasteiger partial charge is 0.222 e. The van der Waals surface area contributed by atoms with Crippen LogP contribution in [0.4, 0.5) is 11.8 Å². The second-order valence-corrected chi connectivity index (χ2v) is 6.60. The number of nitrogens with zero attached hydrogens (tertiary/aromatic N) is 3. The molecule has 1 aliphatic heterocycles. The van der Waals surface area contributed by atoms with Gasteiger partial charge in [-0.05, 0) is 37.4 Å². The number of hydrogen-bond acceptors (Lipinski definition) is 5. The van der Waals surface area contributed by atoms with E-state index in [0.717, 1.165) is 43.9 Å². The summed E-state index contributed by atoms with van der Waals surface area (Å²) in [7, 11) is 2.02. The minimum atomic E-state index is 0.390. The molecule has 23 heavy (non-hydrogen) atoms. The van der Waals surface area contributed by atoms with Gasteiger partial charge in [0.25, 0.3) is 0 Å². The Morgan fingerprint density at radius 3 is 2.57 bits per heavy atom. The molecule has 120 valence electrons. The first-order chi connectivity index (χ1) is 11.2. The van der Waals surface area contributed by atoms with Crippen LogP contribution in [0.1, 0.15) is 29.2 Å². The van der Waals surface area contributed by atoms with Crippen LogP contribution in [-0.4, -0.2) is 36.1 Å². The molecular formula is C18H23N5. The Bertz CT molecular complexity index is 689. The number of fused-ring (bicyclic) bond motifs is 1. The highest BCUT2D eigenvalue weighted by molar-refractivity contribution is 5.47. The van der Waals surface area contributed by atoms with Gasteiger partial charge >= 0.3 is 0 Å². The molecule has 2 aromatic rings. The van der Waals surface area contributed by atoms with E-state index in [1.165, 1.54) is 11.1 Å². The summed E-state index contributed by atoms with van der Waals surface area (Å²) < 4.78 is 0. The highest BCUT2D eigenvalue weighted by atomic mass is 15.2. The maximum atomic E-state index is 6.00. The molecule has 1 aromatic heterocycles. The topological polar surface area (TPSA) is 67.1 Å². The van der Waals surface area contributed by atoms with E-state index in [1.807, 2.05) is 7.05 Å². The van der Waals surface area contributed by atoms with Crippen molar-refractivity contribution in [3.63, 3.8) is 0 Å². The van der Waals surface area contributed by atoms with Crippen molar-refractivity contribution in [3.8, 4) is 0 Å². The van der Waals surface area contributed by atoms with Gasteiger partial charge in [-0.2, -0.15) is 4.98 Å². The highest BCUT2D eigenvalue weighted by Gasteiger charge is 2.27. The van der Waals surface area contributed by atoms with Gasteiger partial charge < -0.3 is 16.0 Å². The van der Waals surface area contributed by atoms with Crippen LogP contribution in [0, 0.1) is 0 Å². The van der Waals surface area contributed by atoms with Gasteiger partial charge in [-0.1, -0.05) is 24.3 Å². The van der Waals surface area contributed by atoms with Gasteiger partial charge in [-0.15, -0.1) is 0 Å². The Morgan fingerprint density at radius 2 is 1.91 bits per heavy atom. The van der Waals surface area contributed by atoms with Crippen LogP contribution >= 0.6 is 0 Å². The van der Waals surface area contributed by atoms with Crippen molar-refractivity contribution < 1.29 is 0 Å². The molecule has 1 saturated heterocycles. The van der Waals surface area contributed by atoms with Gasteiger partial charge in [0.1, 0.15) is 5.82 Å². The quantitative estimate of drug-likeness (QED) is 0.904. The third kappa shape index (κ3) is 2.77. The third-order valence-electron chi connectivity index (χ3n) is 5.14. The summed E-state index contributed by atoms with van der Waals surface area (Å²) in [4.78, 5) is 11.3. The van der Waals surface area contributed by atoms with Crippen LogP contribution in [-0.2, 0) is 12.8 Å². The van der Waals surface area contributed by atoms with Gasteiger partial charge in [-0.3, -0.25) is 0 Å². The van der Waals surface area contributed by atoms with E-state index in [9.17, 15) is 0 Å². The molecule has 0 radical (unpaired) electrons. The molecule has 5 nitrogen and oxygen atoms in total. The summed E-state index contributed by atoms with van der Waals surface area (Å²) in [6.45, 7) is 2.00. The predicted molar refractivity (Wildman–Crippen MR) is 92.7 cm³/mol. The Hall–Kier alpha value is -2.14. The van der Waals surface area contributed by atoms with Crippen molar-refractivity contribution in [3.05, 3.63) is 47.2 Å². The first-order valence-electron chi connectivity index (χ1n) is 8.36. The summed E-state index contributed by atoms with van der Waals surface area (Å²) in [6, 6.07) is 11.3. The second-order valence-electron chi connectivity index (χ2n) is 6.60. The van der Waals surface area contributed by atoms with Crippen LogP contribution in [0.2, 0.25) is 0 Å². The lowest BCUT2D eigenvalue weighted by atomic mass is 10.0. The summed E-state index contributed by atoms with van der Waals surface area (Å²) in [5.41, 5.74) is 9.96. The van der Waals surface area contributed by atoms with E-state index in [0.29, 0.717) is 17.9 Å². The number of likely N-dealkylation sites (N-methyl/N-ethyl adjacent to an activating group) is 1. The Kier molecular flexibility index (Phi) is 3.65. The summed E-state index contributed by atoms with van der Waals surface area (Å²) >= 11 is 0. The molecule has 1 aromatic carbocycles. The van der Waals surface area contributed by atoms with E-state index < -0.39 is 0 Å². The lowest BCUT2D eigenvalue weighted by Gasteiger charge is -2.19. The zero-order chi connectivity index (χ0) is 15.8. The molecule has 0 bridgehead atoms. The lowest BCUT2D eigenvalue weighted by molar-refractivity contribution is 0.616. The maximum absolute atomic E-state index is 6.00.